The Morgan fingerprint density at radius 2 is 1.83 bits per heavy atom. The maximum Gasteiger partial charge on any atom is 0.237 e. The summed E-state index contributed by atoms with van der Waals surface area (Å²) in [6.45, 7) is 2.81. The number of aryl methyl sites for hydroxylation is 1. The zero-order valence-electron chi connectivity index (χ0n) is 10.3. The van der Waals surface area contributed by atoms with Crippen LogP contribution in [0.2, 0.25) is 0 Å². The van der Waals surface area contributed by atoms with Crippen LogP contribution < -0.4 is 15.2 Å². The molecule has 0 fully saturated rings. The molecule has 1 aromatic heterocycles. The highest BCUT2D eigenvalue weighted by Gasteiger charge is 2.02. The van der Waals surface area contributed by atoms with Gasteiger partial charge in [0.25, 0.3) is 0 Å². The number of ether oxygens (including phenoxy) is 2. The van der Waals surface area contributed by atoms with Gasteiger partial charge >= 0.3 is 0 Å². The molecule has 0 saturated carbocycles. The molecular weight excluding hydrogens is 228 g/mol. The number of para-hydroxylation sites is 1. The van der Waals surface area contributed by atoms with Crippen molar-refractivity contribution in [3.63, 3.8) is 0 Å². The van der Waals surface area contributed by atoms with E-state index >= 15 is 0 Å². The van der Waals surface area contributed by atoms with Crippen LogP contribution in [0.4, 0.5) is 5.69 Å². The molecule has 0 spiro atoms. The first-order valence-corrected chi connectivity index (χ1v) is 5.78. The van der Waals surface area contributed by atoms with E-state index in [1.54, 1.807) is 6.20 Å². The number of aromatic nitrogens is 1. The Bertz CT molecular complexity index is 500. The molecule has 94 valence electrons. The smallest absolute Gasteiger partial charge is 0.237 e. The number of benzene rings is 1. The van der Waals surface area contributed by atoms with E-state index in [2.05, 4.69) is 4.98 Å². The van der Waals surface area contributed by atoms with Gasteiger partial charge in [0.15, 0.2) is 0 Å². The van der Waals surface area contributed by atoms with E-state index in [4.69, 9.17) is 15.2 Å². The van der Waals surface area contributed by atoms with Crippen molar-refractivity contribution >= 4 is 5.69 Å². The summed E-state index contributed by atoms with van der Waals surface area (Å²) in [4.78, 5) is 4.12. The van der Waals surface area contributed by atoms with Crippen molar-refractivity contribution in [2.75, 3.05) is 18.9 Å². The molecule has 0 radical (unpaired) electrons. The predicted octanol–water partition coefficient (Wildman–Crippen LogP) is 2.43. The zero-order valence-corrected chi connectivity index (χ0v) is 10.3. The van der Waals surface area contributed by atoms with Crippen LogP contribution in [0.1, 0.15) is 5.56 Å². The number of hydrogen-bond acceptors (Lipinski definition) is 4. The first kappa shape index (κ1) is 12.2. The van der Waals surface area contributed by atoms with E-state index in [0.717, 1.165) is 11.3 Å². The summed E-state index contributed by atoms with van der Waals surface area (Å²) in [5.74, 6) is 1.28. The molecular formula is C14H16N2O2. The van der Waals surface area contributed by atoms with Crippen LogP contribution in [0.5, 0.6) is 11.6 Å². The molecule has 2 aromatic rings. The molecule has 0 amide bonds. The zero-order chi connectivity index (χ0) is 12.8. The van der Waals surface area contributed by atoms with Crippen LogP contribution in [0, 0.1) is 6.92 Å². The van der Waals surface area contributed by atoms with Crippen LogP contribution in [-0.2, 0) is 0 Å². The molecule has 0 aliphatic rings. The van der Waals surface area contributed by atoms with E-state index in [1.807, 2.05) is 43.3 Å². The predicted molar refractivity (Wildman–Crippen MR) is 70.8 cm³/mol. The van der Waals surface area contributed by atoms with Gasteiger partial charge in [-0.25, -0.2) is 4.98 Å². The molecule has 2 N–H and O–H groups in total. The van der Waals surface area contributed by atoms with Crippen LogP contribution in [0.25, 0.3) is 0 Å². The average molecular weight is 244 g/mol. The molecule has 0 saturated heterocycles. The third-order valence-electron chi connectivity index (χ3n) is 2.35. The minimum Gasteiger partial charge on any atom is -0.490 e. The number of anilines is 1. The van der Waals surface area contributed by atoms with Gasteiger partial charge in [0.1, 0.15) is 19.0 Å². The fourth-order valence-electron chi connectivity index (χ4n) is 1.51. The molecule has 4 heteroatoms. The molecule has 0 atom stereocenters. The van der Waals surface area contributed by atoms with Gasteiger partial charge < -0.3 is 15.2 Å². The van der Waals surface area contributed by atoms with Crippen LogP contribution in [-0.4, -0.2) is 18.2 Å². The summed E-state index contributed by atoms with van der Waals surface area (Å²) in [7, 11) is 0. The highest BCUT2D eigenvalue weighted by atomic mass is 16.5. The Kier molecular flexibility index (Phi) is 4.02. The summed E-state index contributed by atoms with van der Waals surface area (Å²) >= 11 is 0. The van der Waals surface area contributed by atoms with Gasteiger partial charge in [0.2, 0.25) is 5.88 Å². The second-order valence-electron chi connectivity index (χ2n) is 3.92. The lowest BCUT2D eigenvalue weighted by molar-refractivity contribution is 0.213. The fourth-order valence-corrected chi connectivity index (χ4v) is 1.51. The third kappa shape index (κ3) is 3.38. The Labute approximate surface area is 106 Å². The van der Waals surface area contributed by atoms with E-state index < -0.39 is 0 Å². The monoisotopic (exact) mass is 244 g/mol. The molecule has 1 heterocycles. The second kappa shape index (κ2) is 5.91. The molecule has 0 aliphatic carbocycles. The highest BCUT2D eigenvalue weighted by molar-refractivity contribution is 5.49. The average Bonchev–Trinajstić information content (AvgIpc) is 2.38. The molecule has 18 heavy (non-hydrogen) atoms. The summed E-state index contributed by atoms with van der Waals surface area (Å²) < 4.78 is 11.0. The number of nitrogens with two attached hydrogens (primary N) is 1. The summed E-state index contributed by atoms with van der Waals surface area (Å²) in [6, 6.07) is 11.4. The van der Waals surface area contributed by atoms with Crippen molar-refractivity contribution < 1.29 is 9.47 Å². The van der Waals surface area contributed by atoms with Gasteiger partial charge in [0.05, 0.1) is 5.69 Å². The van der Waals surface area contributed by atoms with Crippen LogP contribution >= 0.6 is 0 Å². The van der Waals surface area contributed by atoms with Crippen molar-refractivity contribution in [3.05, 3.63) is 48.2 Å². The van der Waals surface area contributed by atoms with Gasteiger partial charge in [-0.05, 0) is 30.7 Å². The van der Waals surface area contributed by atoms with Crippen molar-refractivity contribution in [2.24, 2.45) is 0 Å². The maximum absolute atomic E-state index is 5.79. The lowest BCUT2D eigenvalue weighted by Gasteiger charge is -2.09. The van der Waals surface area contributed by atoms with Gasteiger partial charge in [-0.2, -0.15) is 0 Å². The number of nitrogen functional groups attached to an aromatic ring is 1. The van der Waals surface area contributed by atoms with E-state index in [9.17, 15) is 0 Å². The van der Waals surface area contributed by atoms with Crippen molar-refractivity contribution in [3.8, 4) is 11.6 Å². The lowest BCUT2D eigenvalue weighted by Crippen LogP contribution is -2.10. The topological polar surface area (TPSA) is 57.4 Å². The van der Waals surface area contributed by atoms with Gasteiger partial charge in [0, 0.05) is 6.20 Å². The normalized spacial score (nSPS) is 10.1. The maximum atomic E-state index is 5.79. The van der Waals surface area contributed by atoms with Crippen molar-refractivity contribution in [2.45, 2.75) is 6.92 Å². The van der Waals surface area contributed by atoms with Gasteiger partial charge in [-0.1, -0.05) is 18.2 Å². The van der Waals surface area contributed by atoms with Crippen LogP contribution in [0.3, 0.4) is 0 Å². The van der Waals surface area contributed by atoms with E-state index in [0.29, 0.717) is 24.8 Å². The van der Waals surface area contributed by atoms with Crippen LogP contribution in [0.15, 0.2) is 42.6 Å². The first-order chi connectivity index (χ1) is 8.75. The third-order valence-corrected chi connectivity index (χ3v) is 2.35. The number of nitrogens with zero attached hydrogens (tertiary/aromatic N) is 1. The van der Waals surface area contributed by atoms with Crippen molar-refractivity contribution in [1.29, 1.82) is 0 Å². The molecule has 1 aromatic carbocycles. The molecule has 4 nitrogen and oxygen atoms in total. The summed E-state index contributed by atoms with van der Waals surface area (Å²) in [5, 5.41) is 0. The summed E-state index contributed by atoms with van der Waals surface area (Å²) in [5.41, 5.74) is 7.35. The van der Waals surface area contributed by atoms with E-state index in [-0.39, 0.29) is 0 Å². The number of hydrogen-bond donors (Lipinski definition) is 1. The van der Waals surface area contributed by atoms with Crippen molar-refractivity contribution in [1.82, 2.24) is 4.98 Å². The van der Waals surface area contributed by atoms with Gasteiger partial charge in [-0.15, -0.1) is 0 Å². The SMILES string of the molecule is Cc1cnc(OCCOc2ccccc2)c(N)c1. The quantitative estimate of drug-likeness (QED) is 0.821. The fraction of sp³-hybridized carbons (Fsp3) is 0.214. The van der Waals surface area contributed by atoms with Gasteiger partial charge in [-0.3, -0.25) is 0 Å². The summed E-state index contributed by atoms with van der Waals surface area (Å²) in [6.07, 6.45) is 1.73. The second-order valence-corrected chi connectivity index (χ2v) is 3.92. The molecule has 0 unspecified atom stereocenters. The Morgan fingerprint density at radius 3 is 2.56 bits per heavy atom. The standard InChI is InChI=1S/C14H16N2O2/c1-11-9-13(15)14(16-10-11)18-8-7-17-12-5-3-2-4-6-12/h2-6,9-10H,7-8,15H2,1H3. The minimum atomic E-state index is 0.412. The lowest BCUT2D eigenvalue weighted by atomic mass is 10.3. The largest absolute Gasteiger partial charge is 0.490 e. The minimum absolute atomic E-state index is 0.412. The highest BCUT2D eigenvalue weighted by Crippen LogP contribution is 2.18. The molecule has 0 aliphatic heterocycles. The number of pyridine rings is 1. The Balaban J connectivity index is 1.79. The molecule has 2 rings (SSSR count). The molecule has 0 bridgehead atoms. The number of rotatable bonds is 5. The van der Waals surface area contributed by atoms with E-state index in [1.165, 1.54) is 0 Å². The Morgan fingerprint density at radius 1 is 1.11 bits per heavy atom. The first-order valence-electron chi connectivity index (χ1n) is 5.78. The Hall–Kier alpha value is -2.23.